The van der Waals surface area contributed by atoms with E-state index >= 15 is 0 Å². The summed E-state index contributed by atoms with van der Waals surface area (Å²) in [6.07, 6.45) is 4.05. The zero-order chi connectivity index (χ0) is 13.9. The molecule has 0 saturated carbocycles. The lowest BCUT2D eigenvalue weighted by molar-refractivity contribution is -0.126. The van der Waals surface area contributed by atoms with Gasteiger partial charge in [-0.05, 0) is 12.8 Å². The number of carbonyl (C=O) groups excluding carboxylic acids is 1. The predicted octanol–water partition coefficient (Wildman–Crippen LogP) is -0.441. The largest absolute Gasteiger partial charge is 0.380 e. The lowest BCUT2D eigenvalue weighted by Crippen LogP contribution is -2.53. The molecular formula is C12H22N2O4S. The second kappa shape index (κ2) is 5.87. The molecule has 6 nitrogen and oxygen atoms in total. The van der Waals surface area contributed by atoms with Gasteiger partial charge in [0.1, 0.15) is 6.29 Å². The number of ether oxygens (including phenoxy) is 1. The molecule has 2 saturated heterocycles. The van der Waals surface area contributed by atoms with E-state index in [4.69, 9.17) is 4.74 Å². The molecule has 1 unspecified atom stereocenters. The molecule has 2 fully saturated rings. The van der Waals surface area contributed by atoms with Gasteiger partial charge in [0.25, 0.3) is 0 Å². The monoisotopic (exact) mass is 290 g/mol. The number of sulfonamides is 1. The maximum atomic E-state index is 11.4. The molecule has 2 aliphatic rings. The fourth-order valence-corrected chi connectivity index (χ4v) is 3.62. The van der Waals surface area contributed by atoms with Crippen LogP contribution in [0.25, 0.3) is 0 Å². The molecule has 110 valence electrons. The van der Waals surface area contributed by atoms with Crippen molar-refractivity contribution in [3.63, 3.8) is 0 Å². The Morgan fingerprint density at radius 1 is 1.26 bits per heavy atom. The summed E-state index contributed by atoms with van der Waals surface area (Å²) in [6, 6.07) is 0. The summed E-state index contributed by atoms with van der Waals surface area (Å²) in [4.78, 5) is 13.5. The smallest absolute Gasteiger partial charge is 0.211 e. The van der Waals surface area contributed by atoms with Crippen LogP contribution in [0.1, 0.15) is 12.8 Å². The maximum Gasteiger partial charge on any atom is 0.211 e. The van der Waals surface area contributed by atoms with Crippen molar-refractivity contribution >= 4 is 16.3 Å². The van der Waals surface area contributed by atoms with Gasteiger partial charge >= 0.3 is 0 Å². The highest BCUT2D eigenvalue weighted by molar-refractivity contribution is 7.88. The zero-order valence-electron chi connectivity index (χ0n) is 11.4. The lowest BCUT2D eigenvalue weighted by Gasteiger charge is -2.40. The molecule has 0 aromatic rings. The third-order valence-electron chi connectivity index (χ3n) is 3.94. The van der Waals surface area contributed by atoms with Crippen molar-refractivity contribution in [2.45, 2.75) is 12.8 Å². The van der Waals surface area contributed by atoms with Crippen LogP contribution in [0.4, 0.5) is 0 Å². The quantitative estimate of drug-likeness (QED) is 0.657. The number of nitrogens with zero attached hydrogens (tertiary/aromatic N) is 2. The van der Waals surface area contributed by atoms with Crippen LogP contribution in [0.5, 0.6) is 0 Å². The minimum atomic E-state index is -3.09. The zero-order valence-corrected chi connectivity index (χ0v) is 12.2. The van der Waals surface area contributed by atoms with Gasteiger partial charge in [0.15, 0.2) is 0 Å². The van der Waals surface area contributed by atoms with Gasteiger partial charge < -0.3 is 9.53 Å². The molecule has 7 heteroatoms. The number of hydrogen-bond donors (Lipinski definition) is 0. The Labute approximate surface area is 114 Å². The molecule has 0 aromatic carbocycles. The summed E-state index contributed by atoms with van der Waals surface area (Å²) in [5.41, 5.74) is -0.397. The molecule has 2 aliphatic heterocycles. The van der Waals surface area contributed by atoms with Gasteiger partial charge in [0.2, 0.25) is 10.0 Å². The van der Waals surface area contributed by atoms with Gasteiger partial charge in [-0.15, -0.1) is 0 Å². The molecule has 0 aliphatic carbocycles. The normalized spacial score (nSPS) is 31.2. The van der Waals surface area contributed by atoms with E-state index in [9.17, 15) is 13.2 Å². The summed E-state index contributed by atoms with van der Waals surface area (Å²) >= 11 is 0. The third kappa shape index (κ3) is 3.75. The van der Waals surface area contributed by atoms with Crippen LogP contribution in [0.15, 0.2) is 0 Å². The first kappa shape index (κ1) is 14.9. The van der Waals surface area contributed by atoms with E-state index < -0.39 is 15.4 Å². The Morgan fingerprint density at radius 2 is 1.95 bits per heavy atom. The van der Waals surface area contributed by atoms with E-state index in [0.29, 0.717) is 39.3 Å². The van der Waals surface area contributed by atoms with Gasteiger partial charge in [-0.2, -0.15) is 4.31 Å². The molecule has 19 heavy (non-hydrogen) atoms. The minimum Gasteiger partial charge on any atom is -0.380 e. The Kier molecular flexibility index (Phi) is 4.60. The standard InChI is InChI=1S/C12H22N2O4S/c1-19(16,17)14-6-4-13(5-7-14)9-12(10-15)3-2-8-18-11-12/h10H,2-9,11H2,1H3. The highest BCUT2D eigenvalue weighted by Crippen LogP contribution is 2.28. The van der Waals surface area contributed by atoms with Gasteiger partial charge in [-0.25, -0.2) is 8.42 Å². The SMILES string of the molecule is CS(=O)(=O)N1CCN(CC2(C=O)CCCOC2)CC1. The van der Waals surface area contributed by atoms with E-state index in [1.807, 2.05) is 0 Å². The number of piperazine rings is 1. The van der Waals surface area contributed by atoms with Crippen LogP contribution in [0.2, 0.25) is 0 Å². The van der Waals surface area contributed by atoms with E-state index in [2.05, 4.69) is 4.90 Å². The van der Waals surface area contributed by atoms with E-state index in [0.717, 1.165) is 25.7 Å². The summed E-state index contributed by atoms with van der Waals surface area (Å²) in [7, 11) is -3.09. The van der Waals surface area contributed by atoms with Crippen LogP contribution >= 0.6 is 0 Å². The first-order valence-corrected chi connectivity index (χ1v) is 8.52. The highest BCUT2D eigenvalue weighted by atomic mass is 32.2. The van der Waals surface area contributed by atoms with E-state index in [1.54, 1.807) is 0 Å². The molecule has 0 amide bonds. The fourth-order valence-electron chi connectivity index (χ4n) is 2.79. The van der Waals surface area contributed by atoms with Crippen molar-refractivity contribution in [1.29, 1.82) is 0 Å². The summed E-state index contributed by atoms with van der Waals surface area (Å²) in [5, 5.41) is 0. The first-order chi connectivity index (χ1) is 8.95. The number of hydrogen-bond acceptors (Lipinski definition) is 5. The topological polar surface area (TPSA) is 66.9 Å². The van der Waals surface area contributed by atoms with Gasteiger partial charge in [-0.3, -0.25) is 4.90 Å². The van der Waals surface area contributed by atoms with Crippen LogP contribution in [-0.2, 0) is 19.6 Å². The molecular weight excluding hydrogens is 268 g/mol. The molecule has 2 rings (SSSR count). The van der Waals surface area contributed by atoms with Gasteiger partial charge in [0.05, 0.1) is 18.3 Å². The summed E-state index contributed by atoms with van der Waals surface area (Å²) < 4.78 is 29.8. The second-order valence-corrected chi connectivity index (χ2v) is 7.56. The van der Waals surface area contributed by atoms with Crippen molar-refractivity contribution in [3.05, 3.63) is 0 Å². The molecule has 0 spiro atoms. The molecule has 0 N–H and O–H groups in total. The molecule has 0 aromatic heterocycles. The molecule has 0 bridgehead atoms. The van der Waals surface area contributed by atoms with Crippen molar-refractivity contribution in [3.8, 4) is 0 Å². The molecule has 1 atom stereocenters. The average molecular weight is 290 g/mol. The Bertz CT molecular complexity index is 409. The van der Waals surface area contributed by atoms with E-state index in [-0.39, 0.29) is 0 Å². The molecule has 2 heterocycles. The van der Waals surface area contributed by atoms with Crippen molar-refractivity contribution in [1.82, 2.24) is 9.21 Å². The second-order valence-electron chi connectivity index (χ2n) is 5.57. The number of carbonyl (C=O) groups is 1. The number of aldehydes is 1. The van der Waals surface area contributed by atoms with Crippen LogP contribution < -0.4 is 0 Å². The number of rotatable bonds is 4. The maximum absolute atomic E-state index is 11.4. The predicted molar refractivity (Wildman–Crippen MR) is 71.4 cm³/mol. The Hall–Kier alpha value is -0.500. The van der Waals surface area contributed by atoms with Crippen molar-refractivity contribution in [2.75, 3.05) is 52.2 Å². The lowest BCUT2D eigenvalue weighted by atomic mass is 9.83. The third-order valence-corrected chi connectivity index (χ3v) is 5.24. The van der Waals surface area contributed by atoms with Crippen LogP contribution in [-0.4, -0.2) is 76.1 Å². The van der Waals surface area contributed by atoms with Gasteiger partial charge in [0, 0.05) is 39.3 Å². The first-order valence-electron chi connectivity index (χ1n) is 6.67. The summed E-state index contributed by atoms with van der Waals surface area (Å²) in [5.74, 6) is 0. The highest BCUT2D eigenvalue weighted by Gasteiger charge is 2.36. The van der Waals surface area contributed by atoms with E-state index in [1.165, 1.54) is 10.6 Å². The average Bonchev–Trinajstić information content (AvgIpc) is 2.39. The molecule has 0 radical (unpaired) electrons. The van der Waals surface area contributed by atoms with Gasteiger partial charge in [-0.1, -0.05) is 0 Å². The van der Waals surface area contributed by atoms with Crippen molar-refractivity contribution < 1.29 is 17.9 Å². The summed E-state index contributed by atoms with van der Waals surface area (Å²) in [6.45, 7) is 4.28. The Balaban J connectivity index is 1.89. The Morgan fingerprint density at radius 3 is 2.42 bits per heavy atom. The van der Waals surface area contributed by atoms with Crippen LogP contribution in [0, 0.1) is 5.41 Å². The van der Waals surface area contributed by atoms with Crippen molar-refractivity contribution in [2.24, 2.45) is 5.41 Å². The fraction of sp³-hybridized carbons (Fsp3) is 0.917. The minimum absolute atomic E-state index is 0.397. The van der Waals surface area contributed by atoms with Crippen LogP contribution in [0.3, 0.4) is 0 Å².